The molecule has 0 bridgehead atoms. The van der Waals surface area contributed by atoms with Gasteiger partial charge in [-0.25, -0.2) is 5.43 Å². The van der Waals surface area contributed by atoms with Crippen LogP contribution in [0.15, 0.2) is 45.9 Å². The van der Waals surface area contributed by atoms with Crippen LogP contribution < -0.4 is 10.2 Å². The first-order valence-corrected chi connectivity index (χ1v) is 7.18. The van der Waals surface area contributed by atoms with Crippen LogP contribution >= 0.6 is 11.6 Å². The van der Waals surface area contributed by atoms with Crippen LogP contribution in [0.1, 0.15) is 19.6 Å². The summed E-state index contributed by atoms with van der Waals surface area (Å²) in [5, 5.41) is 14.7. The second-order valence-electron chi connectivity index (χ2n) is 5.20. The minimum Gasteiger partial charge on any atom is -0.478 e. The van der Waals surface area contributed by atoms with Gasteiger partial charge in [-0.3, -0.25) is 14.9 Å². The average Bonchev–Trinajstić information content (AvgIpc) is 2.98. The maximum atomic E-state index is 12.1. The molecule has 0 aliphatic rings. The highest BCUT2D eigenvalue weighted by atomic mass is 35.5. The number of benzene rings is 1. The summed E-state index contributed by atoms with van der Waals surface area (Å²) >= 11 is 5.79. The maximum absolute atomic E-state index is 12.1. The van der Waals surface area contributed by atoms with Crippen molar-refractivity contribution in [2.45, 2.75) is 19.4 Å². The summed E-state index contributed by atoms with van der Waals surface area (Å²) in [4.78, 5) is 22.0. The lowest BCUT2D eigenvalue weighted by molar-refractivity contribution is -0.402. The summed E-state index contributed by atoms with van der Waals surface area (Å²) in [5.41, 5.74) is 1.10. The van der Waals surface area contributed by atoms with E-state index in [1.807, 2.05) is 0 Å². The normalized spacial score (nSPS) is 11.5. The van der Waals surface area contributed by atoms with E-state index in [9.17, 15) is 14.9 Å². The van der Waals surface area contributed by atoms with Gasteiger partial charge in [0.1, 0.15) is 10.7 Å². The fraction of sp³-hybridized carbons (Fsp3) is 0.200. The highest BCUT2D eigenvalue weighted by molar-refractivity contribution is 6.30. The van der Waals surface area contributed by atoms with Crippen molar-refractivity contribution >= 4 is 29.6 Å². The molecule has 0 aliphatic heterocycles. The summed E-state index contributed by atoms with van der Waals surface area (Å²) in [6.45, 7) is 3.15. The molecule has 9 heteroatoms. The molecular weight excluding hydrogens is 338 g/mol. The van der Waals surface area contributed by atoms with Gasteiger partial charge in [-0.1, -0.05) is 11.6 Å². The van der Waals surface area contributed by atoms with Crippen molar-refractivity contribution in [2.24, 2.45) is 5.10 Å². The van der Waals surface area contributed by atoms with Crippen LogP contribution in [-0.4, -0.2) is 22.6 Å². The van der Waals surface area contributed by atoms with E-state index in [4.69, 9.17) is 20.8 Å². The number of rotatable bonds is 6. The van der Waals surface area contributed by atoms with E-state index in [2.05, 4.69) is 10.5 Å². The number of carbonyl (C=O) groups excluding carboxylic acids is 1. The smallest absolute Gasteiger partial charge is 0.433 e. The monoisotopic (exact) mass is 351 g/mol. The minimum atomic E-state index is -1.19. The number of nitrogens with one attached hydrogen (secondary N) is 1. The van der Waals surface area contributed by atoms with Crippen molar-refractivity contribution < 1.29 is 18.9 Å². The molecule has 1 heterocycles. The van der Waals surface area contributed by atoms with E-state index in [1.165, 1.54) is 12.1 Å². The van der Waals surface area contributed by atoms with Crippen molar-refractivity contribution in [3.8, 4) is 5.75 Å². The molecule has 1 amide bonds. The average molecular weight is 352 g/mol. The lowest BCUT2D eigenvalue weighted by Crippen LogP contribution is -2.44. The molecule has 8 nitrogen and oxygen atoms in total. The van der Waals surface area contributed by atoms with E-state index < -0.39 is 22.3 Å². The summed E-state index contributed by atoms with van der Waals surface area (Å²) in [5.74, 6) is -0.299. The van der Waals surface area contributed by atoms with Crippen LogP contribution in [-0.2, 0) is 4.79 Å². The lowest BCUT2D eigenvalue weighted by atomic mass is 10.1. The fourth-order valence-corrected chi connectivity index (χ4v) is 1.77. The van der Waals surface area contributed by atoms with Crippen LogP contribution in [0.25, 0.3) is 0 Å². The third kappa shape index (κ3) is 4.56. The number of carbonyl (C=O) groups is 1. The molecule has 1 N–H and O–H groups in total. The molecule has 0 atom stereocenters. The standard InChI is InChI=1S/C15H14ClN3O5/c1-15(2,24-11-5-3-10(16)4-6-11)14(20)18-17-9-12-7-8-13(23-12)19(21)22/h3-9H,1-2H3,(H,18,20). The molecule has 0 aliphatic carbocycles. The first-order valence-electron chi connectivity index (χ1n) is 6.80. The molecule has 0 saturated heterocycles. The Morgan fingerprint density at radius 1 is 1.33 bits per heavy atom. The highest BCUT2D eigenvalue weighted by Crippen LogP contribution is 2.21. The second-order valence-corrected chi connectivity index (χ2v) is 5.63. The van der Waals surface area contributed by atoms with Gasteiger partial charge in [0.15, 0.2) is 11.4 Å². The van der Waals surface area contributed by atoms with Crippen molar-refractivity contribution in [3.63, 3.8) is 0 Å². The SMILES string of the molecule is CC(C)(Oc1ccc(Cl)cc1)C(=O)NN=Cc1ccc([N+](=O)[O-])o1. The number of amides is 1. The zero-order valence-corrected chi connectivity index (χ0v) is 13.6. The van der Waals surface area contributed by atoms with Crippen LogP contribution in [0.4, 0.5) is 5.88 Å². The van der Waals surface area contributed by atoms with Crippen molar-refractivity contribution in [1.82, 2.24) is 5.43 Å². The second kappa shape index (κ2) is 7.14. The van der Waals surface area contributed by atoms with Gasteiger partial charge in [0.2, 0.25) is 0 Å². The van der Waals surface area contributed by atoms with Crippen molar-refractivity contribution in [1.29, 1.82) is 0 Å². The zero-order valence-electron chi connectivity index (χ0n) is 12.9. The molecule has 2 rings (SSSR count). The van der Waals surface area contributed by atoms with Crippen LogP contribution in [0.5, 0.6) is 5.75 Å². The number of hydrazone groups is 1. The molecule has 126 valence electrons. The van der Waals surface area contributed by atoms with Crippen LogP contribution in [0.2, 0.25) is 5.02 Å². The Labute approximate surface area is 142 Å². The first kappa shape index (κ1) is 17.5. The fourth-order valence-electron chi connectivity index (χ4n) is 1.64. The molecule has 1 aromatic heterocycles. The predicted molar refractivity (Wildman–Crippen MR) is 87.3 cm³/mol. The van der Waals surface area contributed by atoms with E-state index in [0.717, 1.165) is 6.21 Å². The third-order valence-corrected chi connectivity index (χ3v) is 3.14. The number of nitrogens with zero attached hydrogens (tertiary/aromatic N) is 2. The van der Waals surface area contributed by atoms with Crippen LogP contribution in [0.3, 0.4) is 0 Å². The van der Waals surface area contributed by atoms with Gasteiger partial charge < -0.3 is 9.15 Å². The highest BCUT2D eigenvalue weighted by Gasteiger charge is 2.29. The Hall–Kier alpha value is -2.87. The summed E-state index contributed by atoms with van der Waals surface area (Å²) in [6, 6.07) is 9.13. The molecule has 0 unspecified atom stereocenters. The minimum absolute atomic E-state index is 0.137. The quantitative estimate of drug-likeness (QED) is 0.488. The summed E-state index contributed by atoms with van der Waals surface area (Å²) < 4.78 is 10.5. The lowest BCUT2D eigenvalue weighted by Gasteiger charge is -2.24. The zero-order chi connectivity index (χ0) is 17.7. The van der Waals surface area contributed by atoms with Gasteiger partial charge in [-0.2, -0.15) is 5.10 Å². The molecular formula is C15H14ClN3O5. The Morgan fingerprint density at radius 3 is 2.58 bits per heavy atom. The van der Waals surface area contributed by atoms with E-state index in [0.29, 0.717) is 10.8 Å². The molecule has 0 radical (unpaired) electrons. The number of furan rings is 1. The van der Waals surface area contributed by atoms with Gasteiger partial charge in [-0.15, -0.1) is 0 Å². The van der Waals surface area contributed by atoms with Crippen molar-refractivity contribution in [3.05, 3.63) is 57.3 Å². The molecule has 0 saturated carbocycles. The molecule has 0 spiro atoms. The molecule has 2 aromatic rings. The number of halogens is 1. The first-order chi connectivity index (χ1) is 11.3. The largest absolute Gasteiger partial charge is 0.478 e. The van der Waals surface area contributed by atoms with Gasteiger partial charge in [0, 0.05) is 5.02 Å². The van der Waals surface area contributed by atoms with Gasteiger partial charge >= 0.3 is 5.88 Å². The molecule has 0 fully saturated rings. The molecule has 1 aromatic carbocycles. The summed E-state index contributed by atoms with van der Waals surface area (Å²) in [7, 11) is 0. The number of hydrogen-bond acceptors (Lipinski definition) is 6. The van der Waals surface area contributed by atoms with Gasteiger partial charge in [0.25, 0.3) is 5.91 Å². The topological polar surface area (TPSA) is 107 Å². The Balaban J connectivity index is 1.95. The van der Waals surface area contributed by atoms with E-state index >= 15 is 0 Å². The van der Waals surface area contributed by atoms with E-state index in [-0.39, 0.29) is 5.76 Å². The number of nitro groups is 1. The Morgan fingerprint density at radius 2 is 2.00 bits per heavy atom. The Kier molecular flexibility index (Phi) is 5.20. The third-order valence-electron chi connectivity index (χ3n) is 2.88. The van der Waals surface area contributed by atoms with Gasteiger partial charge in [0.05, 0.1) is 12.3 Å². The molecule has 24 heavy (non-hydrogen) atoms. The Bertz CT molecular complexity index is 768. The predicted octanol–water partition coefficient (Wildman–Crippen LogP) is 3.15. The van der Waals surface area contributed by atoms with E-state index in [1.54, 1.807) is 38.1 Å². The number of ether oxygens (including phenoxy) is 1. The van der Waals surface area contributed by atoms with Gasteiger partial charge in [-0.05, 0) is 44.2 Å². The van der Waals surface area contributed by atoms with Crippen molar-refractivity contribution in [2.75, 3.05) is 0 Å². The van der Waals surface area contributed by atoms with Crippen LogP contribution in [0, 0.1) is 10.1 Å². The maximum Gasteiger partial charge on any atom is 0.433 e. The summed E-state index contributed by atoms with van der Waals surface area (Å²) in [6.07, 6.45) is 1.16. The number of hydrogen-bond donors (Lipinski definition) is 1.